The van der Waals surface area contributed by atoms with Gasteiger partial charge in [0.05, 0.1) is 0 Å². The van der Waals surface area contributed by atoms with Gasteiger partial charge in [0.2, 0.25) is 5.91 Å². The first-order valence-electron chi connectivity index (χ1n) is 6.96. The highest BCUT2D eigenvalue weighted by Crippen LogP contribution is 2.21. The summed E-state index contributed by atoms with van der Waals surface area (Å²) >= 11 is 0. The Kier molecular flexibility index (Phi) is 7.00. The number of hydrogen-bond acceptors (Lipinski definition) is 3. The van der Waals surface area contributed by atoms with Gasteiger partial charge in [-0.05, 0) is 43.3 Å². The van der Waals surface area contributed by atoms with E-state index in [1.165, 1.54) is 10.7 Å². The van der Waals surface area contributed by atoms with Gasteiger partial charge in [0, 0.05) is 24.0 Å². The maximum absolute atomic E-state index is 14.1. The lowest BCUT2D eigenvalue weighted by Gasteiger charge is -2.31. The molecule has 126 valence electrons. The predicted molar refractivity (Wildman–Crippen MR) is 92.2 cm³/mol. The average molecular weight is 361 g/mol. The average Bonchev–Trinajstić information content (AvgIpc) is 2.90. The fourth-order valence-electron chi connectivity index (χ4n) is 2.32. The van der Waals surface area contributed by atoms with Gasteiger partial charge < -0.3 is 10.6 Å². The maximum Gasteiger partial charge on any atom is 0.227 e. The van der Waals surface area contributed by atoms with Crippen molar-refractivity contribution in [2.24, 2.45) is 11.8 Å². The van der Waals surface area contributed by atoms with Crippen LogP contribution in [-0.2, 0) is 4.79 Å². The van der Waals surface area contributed by atoms with Crippen molar-refractivity contribution < 1.29 is 9.18 Å². The molecule has 0 aliphatic carbocycles. The van der Waals surface area contributed by atoms with Gasteiger partial charge in [-0.2, -0.15) is 5.10 Å². The Hall–Kier alpha value is -1.63. The third-order valence-corrected chi connectivity index (χ3v) is 3.90. The number of anilines is 1. The van der Waals surface area contributed by atoms with Crippen molar-refractivity contribution in [3.8, 4) is 5.69 Å². The van der Waals surface area contributed by atoms with Crippen LogP contribution in [0.1, 0.15) is 6.92 Å². The molecule has 1 aromatic carbocycles. The second-order valence-electron chi connectivity index (χ2n) is 5.31. The van der Waals surface area contributed by atoms with Gasteiger partial charge in [0.15, 0.2) is 5.82 Å². The number of rotatable bonds is 4. The number of hydrogen-bond donors (Lipinski definition) is 2. The molecule has 0 radical (unpaired) electrons. The summed E-state index contributed by atoms with van der Waals surface area (Å²) < 4.78 is 15.5. The zero-order valence-corrected chi connectivity index (χ0v) is 14.2. The number of amides is 1. The summed E-state index contributed by atoms with van der Waals surface area (Å²) in [4.78, 5) is 12.1. The first kappa shape index (κ1) is 19.4. The topological polar surface area (TPSA) is 59.0 Å². The van der Waals surface area contributed by atoms with Gasteiger partial charge in [-0.15, -0.1) is 24.8 Å². The fraction of sp³-hybridized carbons (Fsp3) is 0.333. The van der Waals surface area contributed by atoms with E-state index in [0.717, 1.165) is 13.1 Å². The Morgan fingerprint density at radius 2 is 2.17 bits per heavy atom. The van der Waals surface area contributed by atoms with Crippen LogP contribution in [0.4, 0.5) is 10.1 Å². The number of halogens is 3. The van der Waals surface area contributed by atoms with Crippen LogP contribution in [0, 0.1) is 17.7 Å². The van der Waals surface area contributed by atoms with Crippen LogP contribution in [0.3, 0.4) is 0 Å². The molecule has 0 saturated carbocycles. The zero-order chi connectivity index (χ0) is 14.8. The summed E-state index contributed by atoms with van der Waals surface area (Å²) in [5.41, 5.74) is 0.821. The Morgan fingerprint density at radius 1 is 1.43 bits per heavy atom. The summed E-state index contributed by atoms with van der Waals surface area (Å²) in [6, 6.07) is 6.33. The quantitative estimate of drug-likeness (QED) is 0.880. The number of aromatic nitrogens is 2. The van der Waals surface area contributed by atoms with Crippen LogP contribution in [-0.4, -0.2) is 28.8 Å². The highest BCUT2D eigenvalue weighted by atomic mass is 35.5. The molecule has 2 heterocycles. The van der Waals surface area contributed by atoms with E-state index in [1.54, 1.807) is 30.6 Å². The molecule has 1 saturated heterocycles. The van der Waals surface area contributed by atoms with Crippen molar-refractivity contribution >= 4 is 36.4 Å². The standard InChI is InChI=1S/C15H17FN4O.2ClH/c1-10(11-8-17-9-11)15(21)19-12-3-4-14(13(16)7-12)20-6-2-5-18-20;;/h2-7,10-11,17H,8-9H2,1H3,(H,19,21);2*1H. The number of carbonyl (C=O) groups excluding carboxylic acids is 1. The molecule has 1 amide bonds. The first-order chi connectivity index (χ1) is 10.1. The van der Waals surface area contributed by atoms with Gasteiger partial charge in [0.1, 0.15) is 5.69 Å². The summed E-state index contributed by atoms with van der Waals surface area (Å²) in [6.07, 6.45) is 3.26. The SMILES string of the molecule is CC(C(=O)Nc1ccc(-n2cccn2)c(F)c1)C1CNC1.Cl.Cl. The second-order valence-corrected chi connectivity index (χ2v) is 5.31. The number of carbonyl (C=O) groups is 1. The van der Waals surface area contributed by atoms with E-state index in [0.29, 0.717) is 17.3 Å². The van der Waals surface area contributed by atoms with Crippen molar-refractivity contribution in [3.05, 3.63) is 42.5 Å². The third-order valence-electron chi connectivity index (χ3n) is 3.90. The van der Waals surface area contributed by atoms with E-state index in [9.17, 15) is 9.18 Å². The van der Waals surface area contributed by atoms with E-state index in [4.69, 9.17) is 0 Å². The number of benzene rings is 1. The molecule has 3 rings (SSSR count). The molecule has 1 unspecified atom stereocenters. The van der Waals surface area contributed by atoms with Crippen LogP contribution in [0.25, 0.3) is 5.69 Å². The van der Waals surface area contributed by atoms with Gasteiger partial charge >= 0.3 is 0 Å². The van der Waals surface area contributed by atoms with E-state index in [1.807, 2.05) is 6.92 Å². The number of nitrogens with one attached hydrogen (secondary N) is 2. The molecule has 1 fully saturated rings. The Labute approximate surface area is 146 Å². The minimum absolute atomic E-state index is 0. The Balaban J connectivity index is 0.00000132. The van der Waals surface area contributed by atoms with Crippen molar-refractivity contribution in [1.29, 1.82) is 0 Å². The van der Waals surface area contributed by atoms with Crippen molar-refractivity contribution in [2.45, 2.75) is 6.92 Å². The number of nitrogens with zero attached hydrogens (tertiary/aromatic N) is 2. The van der Waals surface area contributed by atoms with Gasteiger partial charge in [-0.1, -0.05) is 6.92 Å². The molecule has 8 heteroatoms. The highest BCUT2D eigenvalue weighted by Gasteiger charge is 2.28. The molecule has 2 N–H and O–H groups in total. The zero-order valence-electron chi connectivity index (χ0n) is 12.5. The monoisotopic (exact) mass is 360 g/mol. The summed E-state index contributed by atoms with van der Waals surface area (Å²) in [7, 11) is 0. The van der Waals surface area contributed by atoms with E-state index in [2.05, 4.69) is 15.7 Å². The molecule has 1 aromatic heterocycles. The minimum atomic E-state index is -0.422. The van der Waals surface area contributed by atoms with E-state index in [-0.39, 0.29) is 36.6 Å². The van der Waals surface area contributed by atoms with Crippen molar-refractivity contribution in [3.63, 3.8) is 0 Å². The lowest BCUT2D eigenvalue weighted by molar-refractivity contribution is -0.121. The molecular formula is C15H19Cl2FN4O. The summed E-state index contributed by atoms with van der Waals surface area (Å²) in [5, 5.41) is 9.90. The summed E-state index contributed by atoms with van der Waals surface area (Å²) in [5.74, 6) is -0.222. The van der Waals surface area contributed by atoms with E-state index >= 15 is 0 Å². The smallest absolute Gasteiger partial charge is 0.227 e. The minimum Gasteiger partial charge on any atom is -0.326 e. The molecule has 0 spiro atoms. The highest BCUT2D eigenvalue weighted by molar-refractivity contribution is 5.92. The van der Waals surface area contributed by atoms with Gasteiger partial charge in [0.25, 0.3) is 0 Å². The van der Waals surface area contributed by atoms with Crippen LogP contribution in [0.5, 0.6) is 0 Å². The first-order valence-corrected chi connectivity index (χ1v) is 6.96. The van der Waals surface area contributed by atoms with Gasteiger partial charge in [-0.25, -0.2) is 9.07 Å². The van der Waals surface area contributed by atoms with Crippen LogP contribution < -0.4 is 10.6 Å². The van der Waals surface area contributed by atoms with Crippen molar-refractivity contribution in [2.75, 3.05) is 18.4 Å². The normalized spacial score (nSPS) is 14.9. The fourth-order valence-corrected chi connectivity index (χ4v) is 2.32. The molecule has 1 atom stereocenters. The predicted octanol–water partition coefficient (Wildman–Crippen LogP) is 2.65. The van der Waals surface area contributed by atoms with Crippen LogP contribution in [0.15, 0.2) is 36.7 Å². The Bertz CT molecular complexity index is 647. The van der Waals surface area contributed by atoms with Crippen LogP contribution in [0.2, 0.25) is 0 Å². The van der Waals surface area contributed by atoms with Crippen LogP contribution >= 0.6 is 24.8 Å². The third kappa shape index (κ3) is 4.22. The molecule has 0 bridgehead atoms. The van der Waals surface area contributed by atoms with Gasteiger partial charge in [-0.3, -0.25) is 4.79 Å². The largest absolute Gasteiger partial charge is 0.326 e. The van der Waals surface area contributed by atoms with Crippen molar-refractivity contribution in [1.82, 2.24) is 15.1 Å². The molecular weight excluding hydrogens is 342 g/mol. The molecule has 2 aromatic rings. The second kappa shape index (κ2) is 8.29. The van der Waals surface area contributed by atoms with E-state index < -0.39 is 5.82 Å². The lowest BCUT2D eigenvalue weighted by atomic mass is 9.88. The summed E-state index contributed by atoms with van der Waals surface area (Å²) in [6.45, 7) is 3.62. The molecule has 23 heavy (non-hydrogen) atoms. The lowest BCUT2D eigenvalue weighted by Crippen LogP contribution is -2.48. The maximum atomic E-state index is 14.1. The molecule has 1 aliphatic heterocycles. The molecule has 5 nitrogen and oxygen atoms in total. The Morgan fingerprint density at radius 3 is 2.70 bits per heavy atom. The molecule has 1 aliphatic rings.